The minimum absolute atomic E-state index is 0.0128. The van der Waals surface area contributed by atoms with Gasteiger partial charge < -0.3 is 10.4 Å². The number of carboxylic acids is 1. The molecule has 0 aliphatic rings. The van der Waals surface area contributed by atoms with Gasteiger partial charge in [0.05, 0.1) is 21.3 Å². The van der Waals surface area contributed by atoms with E-state index in [1.165, 1.54) is 12.1 Å². The quantitative estimate of drug-likeness (QED) is 0.296. The van der Waals surface area contributed by atoms with E-state index < -0.39 is 29.0 Å². The first-order valence-electron chi connectivity index (χ1n) is 11.9. The smallest absolute Gasteiger partial charge is 0.326 e. The van der Waals surface area contributed by atoms with Crippen molar-refractivity contribution >= 4 is 56.6 Å². The normalized spacial score (nSPS) is 11.8. The molecule has 0 saturated heterocycles. The van der Waals surface area contributed by atoms with E-state index in [1.807, 2.05) is 24.3 Å². The Morgan fingerprint density at radius 2 is 1.21 bits per heavy atom. The van der Waals surface area contributed by atoms with Crippen LogP contribution in [-0.4, -0.2) is 27.6 Å². The lowest BCUT2D eigenvalue weighted by Gasteiger charge is -2.16. The number of carbonyl (C=O) groups is 2. The van der Waals surface area contributed by atoms with Crippen LogP contribution in [0.2, 0.25) is 10.0 Å². The van der Waals surface area contributed by atoms with Crippen molar-refractivity contribution < 1.29 is 14.7 Å². The van der Waals surface area contributed by atoms with Gasteiger partial charge in [-0.2, -0.15) is 0 Å². The molecule has 2 N–H and O–H groups in total. The summed E-state index contributed by atoms with van der Waals surface area (Å²) in [6.07, 6.45) is -0.0585. The molecule has 0 aliphatic heterocycles. The molecule has 1 amide bonds. The van der Waals surface area contributed by atoms with Gasteiger partial charge >= 0.3 is 5.97 Å². The van der Waals surface area contributed by atoms with Crippen molar-refractivity contribution in [2.24, 2.45) is 0 Å². The van der Waals surface area contributed by atoms with Crippen molar-refractivity contribution in [3.05, 3.63) is 133 Å². The Balaban J connectivity index is 1.51. The van der Waals surface area contributed by atoms with Gasteiger partial charge in [0.25, 0.3) is 17.0 Å². The Morgan fingerprint density at radius 1 is 0.718 bits per heavy atom. The lowest BCUT2D eigenvalue weighted by molar-refractivity contribution is -0.139. The van der Waals surface area contributed by atoms with Gasteiger partial charge in [0.1, 0.15) is 6.04 Å². The monoisotopic (exact) mass is 558 g/mol. The van der Waals surface area contributed by atoms with Crippen molar-refractivity contribution in [3.63, 3.8) is 0 Å². The number of carbonyl (C=O) groups excluding carboxylic acids is 1. The third-order valence-electron chi connectivity index (χ3n) is 6.44. The maximum atomic E-state index is 13.5. The Kier molecular flexibility index (Phi) is 7.19. The van der Waals surface area contributed by atoms with Crippen LogP contribution < -0.4 is 16.4 Å². The third kappa shape index (κ3) is 5.02. The number of carboxylic acid groups (broad SMARTS) is 1. The number of hydrogen-bond acceptors (Lipinski definition) is 4. The number of aliphatic carboxylic acids is 1. The maximum absolute atomic E-state index is 13.5. The molecule has 39 heavy (non-hydrogen) atoms. The zero-order valence-corrected chi connectivity index (χ0v) is 21.7. The van der Waals surface area contributed by atoms with Crippen LogP contribution in [0.4, 0.5) is 0 Å². The Labute approximate surface area is 231 Å². The first kappa shape index (κ1) is 26.2. The minimum Gasteiger partial charge on any atom is -0.480 e. The molecule has 0 radical (unpaired) electrons. The fraction of sp³-hybridized carbons (Fsp3) is 0.0667. The molecule has 0 fully saturated rings. The van der Waals surface area contributed by atoms with Crippen LogP contribution in [0, 0.1) is 0 Å². The van der Waals surface area contributed by atoms with Crippen LogP contribution in [0.15, 0.2) is 101 Å². The fourth-order valence-electron chi connectivity index (χ4n) is 4.54. The maximum Gasteiger partial charge on any atom is 0.326 e. The lowest BCUT2D eigenvalue weighted by Crippen LogP contribution is -2.42. The number of fused-ring (bicyclic) bond motifs is 3. The van der Waals surface area contributed by atoms with E-state index in [2.05, 4.69) is 5.32 Å². The van der Waals surface area contributed by atoms with Gasteiger partial charge in [-0.15, -0.1) is 0 Å². The van der Waals surface area contributed by atoms with Crippen LogP contribution in [0.5, 0.6) is 0 Å². The number of rotatable bonds is 6. The van der Waals surface area contributed by atoms with Gasteiger partial charge in [0.15, 0.2) is 0 Å². The Bertz CT molecular complexity index is 1790. The molecule has 9 heteroatoms. The van der Waals surface area contributed by atoms with Crippen molar-refractivity contribution in [3.8, 4) is 5.69 Å². The zero-order valence-electron chi connectivity index (χ0n) is 20.2. The predicted molar refractivity (Wildman–Crippen MR) is 152 cm³/mol. The van der Waals surface area contributed by atoms with E-state index in [0.29, 0.717) is 32.8 Å². The largest absolute Gasteiger partial charge is 0.480 e. The molecule has 4 aromatic carbocycles. The summed E-state index contributed by atoms with van der Waals surface area (Å²) < 4.78 is 1.12. The standard InChI is InChI=1S/C30H20Cl2N2O5/c31-23-10-5-11-24(32)26(23)27(35)33-25(30(38)39)16-17-12-14-18(15-13-17)34-28(36)21-8-3-1-6-19(21)20-7-2-4-9-22(20)29(34)37/h1-15,25H,16H2,(H,33,35)(H,38,39)/t25-/m0/s1. The topological polar surface area (TPSA) is 105 Å². The SMILES string of the molecule is O=C(N[C@@H](Cc1ccc(-n2c(=O)c3ccccc3c3ccccc3c2=O)cc1)C(=O)O)c1c(Cl)cccc1Cl. The number of nitrogens with zero attached hydrogens (tertiary/aromatic N) is 1. The molecule has 0 aliphatic carbocycles. The Morgan fingerprint density at radius 3 is 1.69 bits per heavy atom. The highest BCUT2D eigenvalue weighted by Crippen LogP contribution is 2.24. The second kappa shape index (κ2) is 10.7. The van der Waals surface area contributed by atoms with E-state index in [0.717, 1.165) is 4.57 Å². The van der Waals surface area contributed by atoms with Crippen molar-refractivity contribution in [1.29, 1.82) is 0 Å². The van der Waals surface area contributed by atoms with Crippen LogP contribution in [-0.2, 0) is 11.2 Å². The fourth-order valence-corrected chi connectivity index (χ4v) is 5.11. The number of amides is 1. The summed E-state index contributed by atoms with van der Waals surface area (Å²) in [5.74, 6) is -1.96. The summed E-state index contributed by atoms with van der Waals surface area (Å²) >= 11 is 12.2. The molecule has 1 heterocycles. The highest BCUT2D eigenvalue weighted by Gasteiger charge is 2.24. The molecule has 7 nitrogen and oxygen atoms in total. The summed E-state index contributed by atoms with van der Waals surface area (Å²) in [6.45, 7) is 0. The molecule has 0 spiro atoms. The van der Waals surface area contributed by atoms with E-state index in [4.69, 9.17) is 23.2 Å². The van der Waals surface area contributed by atoms with Crippen LogP contribution in [0.1, 0.15) is 15.9 Å². The number of aromatic nitrogens is 1. The molecule has 5 aromatic rings. The van der Waals surface area contributed by atoms with Gasteiger partial charge in [-0.05, 0) is 52.7 Å². The van der Waals surface area contributed by atoms with E-state index in [9.17, 15) is 24.3 Å². The lowest BCUT2D eigenvalue weighted by atomic mass is 10.0. The van der Waals surface area contributed by atoms with Crippen molar-refractivity contribution in [1.82, 2.24) is 9.88 Å². The number of benzene rings is 4. The second-order valence-electron chi connectivity index (χ2n) is 8.87. The number of nitrogens with one attached hydrogen (secondary N) is 1. The average Bonchev–Trinajstić information content (AvgIpc) is 3.02. The summed E-state index contributed by atoms with van der Waals surface area (Å²) in [5.41, 5.74) is -0.0499. The summed E-state index contributed by atoms with van der Waals surface area (Å²) in [7, 11) is 0. The van der Waals surface area contributed by atoms with Gasteiger partial charge in [-0.25, -0.2) is 9.36 Å². The third-order valence-corrected chi connectivity index (χ3v) is 7.07. The second-order valence-corrected chi connectivity index (χ2v) is 9.68. The molecule has 0 saturated carbocycles. The zero-order chi connectivity index (χ0) is 27.7. The van der Waals surface area contributed by atoms with Gasteiger partial charge in [0, 0.05) is 17.2 Å². The molecule has 1 aromatic heterocycles. The molecule has 5 rings (SSSR count). The Hall–Kier alpha value is -4.46. The van der Waals surface area contributed by atoms with Gasteiger partial charge in [-0.3, -0.25) is 14.4 Å². The molecular weight excluding hydrogens is 539 g/mol. The first-order chi connectivity index (χ1) is 18.8. The predicted octanol–water partition coefficient (Wildman–Crippen LogP) is 5.24. The van der Waals surface area contributed by atoms with E-state index >= 15 is 0 Å². The highest BCUT2D eigenvalue weighted by atomic mass is 35.5. The highest BCUT2D eigenvalue weighted by molar-refractivity contribution is 6.39. The van der Waals surface area contributed by atoms with Crippen molar-refractivity contribution in [2.45, 2.75) is 12.5 Å². The summed E-state index contributed by atoms with van der Waals surface area (Å²) in [6, 6.07) is 23.7. The van der Waals surface area contributed by atoms with Crippen LogP contribution in [0.3, 0.4) is 0 Å². The molecule has 1 atom stereocenters. The van der Waals surface area contributed by atoms with Crippen molar-refractivity contribution in [2.75, 3.05) is 0 Å². The van der Waals surface area contributed by atoms with Gasteiger partial charge in [0.2, 0.25) is 0 Å². The van der Waals surface area contributed by atoms with Crippen LogP contribution in [0.25, 0.3) is 27.2 Å². The van der Waals surface area contributed by atoms with E-state index in [-0.39, 0.29) is 22.0 Å². The molecular formula is C30H20Cl2N2O5. The van der Waals surface area contributed by atoms with E-state index in [1.54, 1.807) is 54.6 Å². The molecule has 194 valence electrons. The minimum atomic E-state index is -1.28. The summed E-state index contributed by atoms with van der Waals surface area (Å²) in [5, 5.41) is 14.5. The number of hydrogen-bond donors (Lipinski definition) is 2. The first-order valence-corrected chi connectivity index (χ1v) is 12.7. The van der Waals surface area contributed by atoms with Gasteiger partial charge in [-0.1, -0.05) is 77.8 Å². The number of halogens is 2. The summed E-state index contributed by atoms with van der Waals surface area (Å²) in [4.78, 5) is 51.7. The molecule has 0 unspecified atom stereocenters. The van der Waals surface area contributed by atoms with Crippen LogP contribution >= 0.6 is 23.2 Å². The molecule has 0 bridgehead atoms. The average molecular weight is 559 g/mol.